The zero-order valence-corrected chi connectivity index (χ0v) is 19.5. The number of hydrogen-bond acceptors (Lipinski definition) is 7. The molecule has 0 radical (unpaired) electrons. The number of imidazole rings is 1. The van der Waals surface area contributed by atoms with Crippen molar-refractivity contribution in [2.75, 3.05) is 13.6 Å². The predicted molar refractivity (Wildman–Crippen MR) is 119 cm³/mol. The highest BCUT2D eigenvalue weighted by Crippen LogP contribution is 2.36. The monoisotopic (exact) mass is 462 g/mol. The van der Waals surface area contributed by atoms with Gasteiger partial charge in [-0.25, -0.2) is 22.5 Å². The van der Waals surface area contributed by atoms with Crippen molar-refractivity contribution < 1.29 is 8.42 Å². The average molecular weight is 463 g/mol. The van der Waals surface area contributed by atoms with E-state index in [-0.39, 0.29) is 22.2 Å². The molecule has 1 atom stereocenters. The molecule has 2 fully saturated rings. The van der Waals surface area contributed by atoms with Crippen molar-refractivity contribution in [2.24, 2.45) is 0 Å². The number of likely N-dealkylation sites (tertiary alicyclic amines) is 1. The number of rotatable bonds is 6. The van der Waals surface area contributed by atoms with Gasteiger partial charge in [0, 0.05) is 18.1 Å². The highest BCUT2D eigenvalue weighted by atomic mass is 32.2. The molecular weight excluding hydrogens is 436 g/mol. The van der Waals surface area contributed by atoms with Crippen molar-refractivity contribution >= 4 is 32.4 Å². The van der Waals surface area contributed by atoms with E-state index in [0.717, 1.165) is 37.2 Å². The molecule has 5 rings (SSSR count). The van der Waals surface area contributed by atoms with Crippen LogP contribution in [0.15, 0.2) is 27.9 Å². The van der Waals surface area contributed by atoms with Gasteiger partial charge < -0.3 is 4.90 Å². The fraction of sp³-hybridized carbons (Fsp3) is 0.550. The van der Waals surface area contributed by atoms with E-state index in [4.69, 9.17) is 0 Å². The summed E-state index contributed by atoms with van der Waals surface area (Å²) in [5.74, 6) is 0. The molecule has 1 aliphatic heterocycles. The number of likely N-dealkylation sites (N-methyl/N-ethyl adjacent to an activating group) is 1. The Morgan fingerprint density at radius 2 is 2.03 bits per heavy atom. The lowest BCUT2D eigenvalue weighted by Crippen LogP contribution is -2.34. The van der Waals surface area contributed by atoms with E-state index >= 15 is 0 Å². The van der Waals surface area contributed by atoms with Crippen molar-refractivity contribution in [3.63, 3.8) is 0 Å². The van der Waals surface area contributed by atoms with Crippen LogP contribution < -0.4 is 10.4 Å². The number of benzene rings is 1. The molecule has 166 valence electrons. The predicted octanol–water partition coefficient (Wildman–Crippen LogP) is 1.88. The van der Waals surface area contributed by atoms with Crippen LogP contribution in [0.2, 0.25) is 0 Å². The average Bonchev–Trinajstić information content (AvgIpc) is 3.02. The summed E-state index contributed by atoms with van der Waals surface area (Å²) in [4.78, 5) is 15.9. The van der Waals surface area contributed by atoms with E-state index in [9.17, 15) is 13.2 Å². The van der Waals surface area contributed by atoms with Gasteiger partial charge >= 0.3 is 5.69 Å². The Morgan fingerprint density at radius 3 is 2.65 bits per heavy atom. The van der Waals surface area contributed by atoms with Crippen molar-refractivity contribution in [3.8, 4) is 5.13 Å². The van der Waals surface area contributed by atoms with Crippen LogP contribution in [0.1, 0.15) is 37.6 Å². The number of hydrogen-bond donors (Lipinski definition) is 1. The van der Waals surface area contributed by atoms with Crippen molar-refractivity contribution in [2.45, 2.75) is 62.6 Å². The van der Waals surface area contributed by atoms with E-state index in [1.807, 2.05) is 13.8 Å². The molecule has 9 nitrogen and oxygen atoms in total. The van der Waals surface area contributed by atoms with Crippen LogP contribution in [0.25, 0.3) is 16.2 Å². The Balaban J connectivity index is 1.66. The second kappa shape index (κ2) is 7.22. The first-order chi connectivity index (χ1) is 14.7. The summed E-state index contributed by atoms with van der Waals surface area (Å²) >= 11 is 1.31. The molecule has 11 heteroatoms. The lowest BCUT2D eigenvalue weighted by molar-refractivity contribution is 0.282. The molecule has 3 heterocycles. The topological polar surface area (TPSA) is 102 Å². The highest BCUT2D eigenvalue weighted by molar-refractivity contribution is 7.89. The summed E-state index contributed by atoms with van der Waals surface area (Å²) in [6, 6.07) is 5.17. The Labute approximate surface area is 184 Å². The Morgan fingerprint density at radius 1 is 1.26 bits per heavy atom. The normalized spacial score (nSPS) is 21.2. The first-order valence-electron chi connectivity index (χ1n) is 10.5. The van der Waals surface area contributed by atoms with E-state index in [2.05, 4.69) is 26.9 Å². The first kappa shape index (κ1) is 20.8. The maximum Gasteiger partial charge on any atom is 0.335 e. The standard InChI is InChI=1S/C20H26N6O3S2/c1-13-21-22-18(30-13)26-17-11-15(31(28,29)23-20(2)8-9-20)6-7-16(17)25(19(26)27)12-14-5-4-10-24(14)3/h6-7,11,14,23H,4-5,8-10,12H2,1-3H3. The molecule has 1 N–H and O–H groups in total. The minimum atomic E-state index is -3.69. The van der Waals surface area contributed by atoms with E-state index in [1.165, 1.54) is 15.9 Å². The number of nitrogens with one attached hydrogen (secondary N) is 1. The zero-order chi connectivity index (χ0) is 22.0. The molecule has 1 saturated carbocycles. The van der Waals surface area contributed by atoms with Gasteiger partial charge in [-0.15, -0.1) is 10.2 Å². The summed E-state index contributed by atoms with van der Waals surface area (Å²) in [6.45, 7) is 5.30. The SMILES string of the molecule is Cc1nnc(-n2c(=O)n(CC3CCCN3C)c3ccc(S(=O)(=O)NC4(C)CC4)cc32)s1. The van der Waals surface area contributed by atoms with Crippen LogP contribution in [0.5, 0.6) is 0 Å². The van der Waals surface area contributed by atoms with Gasteiger partial charge in [0.25, 0.3) is 0 Å². The van der Waals surface area contributed by atoms with Gasteiger partial charge in [0.2, 0.25) is 15.2 Å². The molecule has 1 aliphatic carbocycles. The molecule has 1 unspecified atom stereocenters. The number of aromatic nitrogens is 4. The lowest BCUT2D eigenvalue weighted by atomic mass is 10.2. The highest BCUT2D eigenvalue weighted by Gasteiger charge is 2.41. The molecule has 2 aliphatic rings. The van der Waals surface area contributed by atoms with Gasteiger partial charge in [-0.3, -0.25) is 4.57 Å². The third kappa shape index (κ3) is 3.73. The molecule has 3 aromatic rings. The minimum Gasteiger partial charge on any atom is -0.302 e. The number of fused-ring (bicyclic) bond motifs is 1. The van der Waals surface area contributed by atoms with Gasteiger partial charge in [-0.1, -0.05) is 11.3 Å². The zero-order valence-electron chi connectivity index (χ0n) is 17.8. The summed E-state index contributed by atoms with van der Waals surface area (Å²) < 4.78 is 31.9. The first-order valence-corrected chi connectivity index (χ1v) is 12.8. The van der Waals surface area contributed by atoms with Gasteiger partial charge in [-0.2, -0.15) is 0 Å². The van der Waals surface area contributed by atoms with Crippen LogP contribution in [-0.4, -0.2) is 57.8 Å². The maximum absolute atomic E-state index is 13.5. The molecule has 2 aromatic heterocycles. The molecule has 0 spiro atoms. The summed E-state index contributed by atoms with van der Waals surface area (Å²) in [7, 11) is -1.62. The number of aryl methyl sites for hydroxylation is 1. The van der Waals surface area contributed by atoms with Crippen LogP contribution >= 0.6 is 11.3 Å². The Hall–Kier alpha value is -2.08. The summed E-state index contributed by atoms with van der Waals surface area (Å²) in [5.41, 5.74) is 0.645. The fourth-order valence-corrected chi connectivity index (χ4v) is 6.42. The van der Waals surface area contributed by atoms with Crippen molar-refractivity contribution in [1.29, 1.82) is 0 Å². The van der Waals surface area contributed by atoms with Crippen molar-refractivity contribution in [3.05, 3.63) is 33.7 Å². The van der Waals surface area contributed by atoms with Gasteiger partial charge in [0.15, 0.2) is 0 Å². The minimum absolute atomic E-state index is 0.151. The molecule has 0 amide bonds. The largest absolute Gasteiger partial charge is 0.335 e. The fourth-order valence-electron chi connectivity index (χ4n) is 4.24. The summed E-state index contributed by atoms with van der Waals surface area (Å²) in [5, 5.41) is 9.40. The Bertz CT molecular complexity index is 1320. The molecule has 31 heavy (non-hydrogen) atoms. The number of sulfonamides is 1. The maximum atomic E-state index is 13.5. The summed E-state index contributed by atoms with van der Waals surface area (Å²) in [6.07, 6.45) is 3.79. The van der Waals surface area contributed by atoms with E-state index < -0.39 is 10.0 Å². The van der Waals surface area contributed by atoms with Crippen LogP contribution in [0.4, 0.5) is 0 Å². The van der Waals surface area contributed by atoms with Crippen LogP contribution in [0.3, 0.4) is 0 Å². The third-order valence-electron chi connectivity index (χ3n) is 6.36. The quantitative estimate of drug-likeness (QED) is 0.600. The molecule has 1 saturated heterocycles. The molecular formula is C20H26N6O3S2. The smallest absolute Gasteiger partial charge is 0.302 e. The van der Waals surface area contributed by atoms with Crippen LogP contribution in [0, 0.1) is 6.92 Å². The Kier molecular flexibility index (Phi) is 4.85. The molecule has 1 aromatic carbocycles. The van der Waals surface area contributed by atoms with E-state index in [0.29, 0.717) is 22.7 Å². The van der Waals surface area contributed by atoms with Crippen LogP contribution in [-0.2, 0) is 16.6 Å². The molecule has 0 bridgehead atoms. The second-order valence-corrected chi connectivity index (χ2v) is 11.8. The van der Waals surface area contributed by atoms with E-state index in [1.54, 1.807) is 22.8 Å². The second-order valence-electron chi connectivity index (χ2n) is 8.93. The van der Waals surface area contributed by atoms with Gasteiger partial charge in [0.05, 0.1) is 15.9 Å². The van der Waals surface area contributed by atoms with Crippen molar-refractivity contribution in [1.82, 2.24) is 29.0 Å². The van der Waals surface area contributed by atoms with Gasteiger partial charge in [0.1, 0.15) is 5.01 Å². The lowest BCUT2D eigenvalue weighted by Gasteiger charge is -2.19. The number of nitrogens with zero attached hydrogens (tertiary/aromatic N) is 5. The van der Waals surface area contributed by atoms with Gasteiger partial charge in [-0.05, 0) is 71.3 Å². The third-order valence-corrected chi connectivity index (χ3v) is 8.82.